The second-order valence-corrected chi connectivity index (χ2v) is 4.85. The lowest BCUT2D eigenvalue weighted by Gasteiger charge is -2.15. The molecule has 0 aliphatic heterocycles. The van der Waals surface area contributed by atoms with Gasteiger partial charge in [-0.15, -0.1) is 0 Å². The number of primary amides is 1. The Morgan fingerprint density at radius 3 is 2.27 bits per heavy atom. The summed E-state index contributed by atoms with van der Waals surface area (Å²) in [5, 5.41) is 2.66. The Balaban J connectivity index is 2.06. The van der Waals surface area contributed by atoms with Gasteiger partial charge in [0.05, 0.1) is 7.11 Å². The molecule has 0 aromatic heterocycles. The van der Waals surface area contributed by atoms with Crippen molar-refractivity contribution in [3.05, 3.63) is 65.7 Å². The van der Waals surface area contributed by atoms with E-state index in [4.69, 9.17) is 10.5 Å². The standard InChI is InChI=1S/C17H18N2O3/c1-22-14-9-7-13(8-10-14)17(21)19-15(16(18)20)11-12-5-3-2-4-6-12/h2-10,15H,11H2,1H3,(H2,18,20)(H,19,21)/t15-/m1/s1. The van der Waals surface area contributed by atoms with Gasteiger partial charge < -0.3 is 15.8 Å². The SMILES string of the molecule is COc1ccc(C(=O)N[C@H](Cc2ccccc2)C(N)=O)cc1. The molecule has 1 atom stereocenters. The Morgan fingerprint density at radius 2 is 1.73 bits per heavy atom. The van der Waals surface area contributed by atoms with Crippen LogP contribution in [0.5, 0.6) is 5.75 Å². The van der Waals surface area contributed by atoms with Crippen LogP contribution in [0.2, 0.25) is 0 Å². The third kappa shape index (κ3) is 4.09. The molecule has 3 N–H and O–H groups in total. The summed E-state index contributed by atoms with van der Waals surface area (Å²) >= 11 is 0. The third-order valence-electron chi connectivity index (χ3n) is 3.28. The van der Waals surface area contributed by atoms with Gasteiger partial charge in [-0.05, 0) is 29.8 Å². The van der Waals surface area contributed by atoms with Crippen LogP contribution in [-0.4, -0.2) is 25.0 Å². The molecule has 0 fully saturated rings. The molecule has 22 heavy (non-hydrogen) atoms. The van der Waals surface area contributed by atoms with Crippen LogP contribution in [0, 0.1) is 0 Å². The molecule has 2 aromatic carbocycles. The number of hydrogen-bond acceptors (Lipinski definition) is 3. The van der Waals surface area contributed by atoms with Gasteiger partial charge in [-0.2, -0.15) is 0 Å². The maximum absolute atomic E-state index is 12.2. The van der Waals surface area contributed by atoms with Gasteiger partial charge in [0.15, 0.2) is 0 Å². The Bertz CT molecular complexity index is 639. The summed E-state index contributed by atoms with van der Waals surface area (Å²) in [6.45, 7) is 0. The smallest absolute Gasteiger partial charge is 0.251 e. The number of carbonyl (C=O) groups is 2. The van der Waals surface area contributed by atoms with Gasteiger partial charge in [0.25, 0.3) is 5.91 Å². The minimum atomic E-state index is -0.753. The highest BCUT2D eigenvalue weighted by molar-refractivity contribution is 5.97. The van der Waals surface area contributed by atoms with E-state index in [1.54, 1.807) is 31.4 Å². The largest absolute Gasteiger partial charge is 0.497 e. The molecule has 5 nitrogen and oxygen atoms in total. The molecule has 0 aliphatic carbocycles. The molecule has 5 heteroatoms. The molecular formula is C17H18N2O3. The highest BCUT2D eigenvalue weighted by atomic mass is 16.5. The van der Waals surface area contributed by atoms with E-state index in [0.717, 1.165) is 5.56 Å². The number of nitrogens with two attached hydrogens (primary N) is 1. The quantitative estimate of drug-likeness (QED) is 0.848. The van der Waals surface area contributed by atoms with Crippen molar-refractivity contribution in [2.24, 2.45) is 5.73 Å². The van der Waals surface area contributed by atoms with Gasteiger partial charge in [0.1, 0.15) is 11.8 Å². The molecule has 2 aromatic rings. The second-order valence-electron chi connectivity index (χ2n) is 4.85. The highest BCUT2D eigenvalue weighted by Crippen LogP contribution is 2.11. The maximum atomic E-state index is 12.2. The first-order valence-electron chi connectivity index (χ1n) is 6.88. The average Bonchev–Trinajstić information content (AvgIpc) is 2.55. The zero-order valence-corrected chi connectivity index (χ0v) is 12.3. The molecular weight excluding hydrogens is 280 g/mol. The molecule has 0 radical (unpaired) electrons. The minimum absolute atomic E-state index is 0.345. The summed E-state index contributed by atoms with van der Waals surface area (Å²) in [4.78, 5) is 23.7. The van der Waals surface area contributed by atoms with Crippen LogP contribution in [0.1, 0.15) is 15.9 Å². The fraction of sp³-hybridized carbons (Fsp3) is 0.176. The topological polar surface area (TPSA) is 81.4 Å². The van der Waals surface area contributed by atoms with Crippen LogP contribution < -0.4 is 15.8 Å². The summed E-state index contributed by atoms with van der Waals surface area (Å²) < 4.78 is 5.04. The van der Waals surface area contributed by atoms with Crippen molar-refractivity contribution in [2.75, 3.05) is 7.11 Å². The van der Waals surface area contributed by atoms with E-state index < -0.39 is 11.9 Å². The molecule has 0 unspecified atom stereocenters. The van der Waals surface area contributed by atoms with E-state index in [2.05, 4.69) is 5.32 Å². The minimum Gasteiger partial charge on any atom is -0.497 e. The van der Waals surface area contributed by atoms with Crippen LogP contribution >= 0.6 is 0 Å². The first kappa shape index (κ1) is 15.6. The van der Waals surface area contributed by atoms with Gasteiger partial charge in [0, 0.05) is 12.0 Å². The summed E-state index contributed by atoms with van der Waals surface area (Å²) in [6.07, 6.45) is 0.359. The number of methoxy groups -OCH3 is 1. The van der Waals surface area contributed by atoms with Crippen LogP contribution in [0.3, 0.4) is 0 Å². The Hall–Kier alpha value is -2.82. The fourth-order valence-electron chi connectivity index (χ4n) is 2.06. The van der Waals surface area contributed by atoms with E-state index in [9.17, 15) is 9.59 Å². The number of nitrogens with one attached hydrogen (secondary N) is 1. The normalized spacial score (nSPS) is 11.5. The molecule has 0 saturated heterocycles. The second kappa shape index (κ2) is 7.26. The predicted octanol–water partition coefficient (Wildman–Crippen LogP) is 1.52. The zero-order chi connectivity index (χ0) is 15.9. The summed E-state index contributed by atoms with van der Waals surface area (Å²) in [6, 6.07) is 15.3. The van der Waals surface area contributed by atoms with Crippen molar-refractivity contribution in [3.63, 3.8) is 0 Å². The first-order chi connectivity index (χ1) is 10.6. The maximum Gasteiger partial charge on any atom is 0.251 e. The Kier molecular flexibility index (Phi) is 5.14. The molecule has 0 heterocycles. The number of amides is 2. The van der Waals surface area contributed by atoms with Crippen LogP contribution in [0.15, 0.2) is 54.6 Å². The van der Waals surface area contributed by atoms with Crippen LogP contribution in [-0.2, 0) is 11.2 Å². The van der Waals surface area contributed by atoms with Crippen molar-refractivity contribution in [1.29, 1.82) is 0 Å². The molecule has 2 amide bonds. The number of hydrogen-bond donors (Lipinski definition) is 2. The van der Waals surface area contributed by atoms with Gasteiger partial charge in [0.2, 0.25) is 5.91 Å². The zero-order valence-electron chi connectivity index (χ0n) is 12.3. The van der Waals surface area contributed by atoms with Gasteiger partial charge in [-0.25, -0.2) is 0 Å². The molecule has 114 valence electrons. The highest BCUT2D eigenvalue weighted by Gasteiger charge is 2.19. The van der Waals surface area contributed by atoms with E-state index in [0.29, 0.717) is 17.7 Å². The predicted molar refractivity (Wildman–Crippen MR) is 83.6 cm³/mol. The summed E-state index contributed by atoms with van der Waals surface area (Å²) in [5.41, 5.74) is 6.76. The van der Waals surface area contributed by atoms with E-state index in [1.165, 1.54) is 0 Å². The number of ether oxygens (including phenoxy) is 1. The van der Waals surface area contributed by atoms with Crippen LogP contribution in [0.25, 0.3) is 0 Å². The van der Waals surface area contributed by atoms with Crippen LogP contribution in [0.4, 0.5) is 0 Å². The summed E-state index contributed by atoms with van der Waals surface area (Å²) in [5.74, 6) is -0.250. The average molecular weight is 298 g/mol. The van der Waals surface area contributed by atoms with Gasteiger partial charge in [-0.3, -0.25) is 9.59 Å². The number of rotatable bonds is 6. The monoisotopic (exact) mass is 298 g/mol. The Labute approximate surface area is 129 Å². The van der Waals surface area contributed by atoms with Gasteiger partial charge >= 0.3 is 0 Å². The Morgan fingerprint density at radius 1 is 1.09 bits per heavy atom. The number of carbonyl (C=O) groups excluding carboxylic acids is 2. The van der Waals surface area contributed by atoms with Crippen molar-refractivity contribution in [3.8, 4) is 5.75 Å². The fourth-order valence-corrected chi connectivity index (χ4v) is 2.06. The van der Waals surface area contributed by atoms with Crippen molar-refractivity contribution < 1.29 is 14.3 Å². The van der Waals surface area contributed by atoms with E-state index >= 15 is 0 Å². The lowest BCUT2D eigenvalue weighted by molar-refractivity contribution is -0.119. The molecule has 0 bridgehead atoms. The molecule has 0 saturated carbocycles. The molecule has 0 aliphatic rings. The van der Waals surface area contributed by atoms with Crippen molar-refractivity contribution >= 4 is 11.8 Å². The lowest BCUT2D eigenvalue weighted by atomic mass is 10.0. The lowest BCUT2D eigenvalue weighted by Crippen LogP contribution is -2.45. The van der Waals surface area contributed by atoms with Crippen molar-refractivity contribution in [1.82, 2.24) is 5.32 Å². The molecule has 0 spiro atoms. The van der Waals surface area contributed by atoms with E-state index in [1.807, 2.05) is 30.3 Å². The number of benzene rings is 2. The third-order valence-corrected chi connectivity index (χ3v) is 3.28. The van der Waals surface area contributed by atoms with Crippen molar-refractivity contribution in [2.45, 2.75) is 12.5 Å². The van der Waals surface area contributed by atoms with E-state index in [-0.39, 0.29) is 5.91 Å². The molecule has 2 rings (SSSR count). The summed E-state index contributed by atoms with van der Waals surface area (Å²) in [7, 11) is 1.55. The van der Waals surface area contributed by atoms with Gasteiger partial charge in [-0.1, -0.05) is 30.3 Å². The first-order valence-corrected chi connectivity index (χ1v) is 6.88.